The van der Waals surface area contributed by atoms with Gasteiger partial charge in [-0.05, 0) is 55.7 Å². The van der Waals surface area contributed by atoms with E-state index in [1.807, 2.05) is 54.3 Å². The van der Waals surface area contributed by atoms with Crippen LogP contribution in [0.25, 0.3) is 11.3 Å². The monoisotopic (exact) mass is 508 g/mol. The van der Waals surface area contributed by atoms with Crippen molar-refractivity contribution in [3.63, 3.8) is 0 Å². The summed E-state index contributed by atoms with van der Waals surface area (Å²) in [5.41, 5.74) is 3.30. The van der Waals surface area contributed by atoms with E-state index in [1.54, 1.807) is 32.2 Å². The molecule has 180 valence electrons. The summed E-state index contributed by atoms with van der Waals surface area (Å²) in [4.78, 5) is 16.0. The van der Waals surface area contributed by atoms with Gasteiger partial charge in [0.05, 0.1) is 23.2 Å². The fourth-order valence-corrected chi connectivity index (χ4v) is 4.82. The number of amides is 1. The maximum absolute atomic E-state index is 14.1. The van der Waals surface area contributed by atoms with Crippen LogP contribution in [0.1, 0.15) is 40.2 Å². The molecule has 3 aromatic carbocycles. The largest absolute Gasteiger partial charge is 0.497 e. The highest BCUT2D eigenvalue weighted by Gasteiger charge is 2.32. The van der Waals surface area contributed by atoms with Gasteiger partial charge in [-0.25, -0.2) is 0 Å². The van der Waals surface area contributed by atoms with Gasteiger partial charge in [0.25, 0.3) is 5.91 Å². The molecule has 5 nitrogen and oxygen atoms in total. The van der Waals surface area contributed by atoms with E-state index in [4.69, 9.17) is 32.5 Å². The lowest BCUT2D eigenvalue weighted by molar-refractivity contribution is 0.0685. The molecular weight excluding hydrogens is 483 g/mol. The first-order chi connectivity index (χ1) is 16.9. The average Bonchev–Trinajstić information content (AvgIpc) is 3.25. The van der Waals surface area contributed by atoms with Gasteiger partial charge in [-0.1, -0.05) is 76.9 Å². The first-order valence-corrected chi connectivity index (χ1v) is 12.1. The van der Waals surface area contributed by atoms with Gasteiger partial charge in [0.2, 0.25) is 0 Å². The first-order valence-electron chi connectivity index (χ1n) is 11.3. The van der Waals surface area contributed by atoms with Crippen molar-refractivity contribution in [1.82, 2.24) is 10.1 Å². The number of likely N-dealkylation sites (N-methyl/N-ethyl adjacent to an activating group) is 1. The van der Waals surface area contributed by atoms with Crippen LogP contribution in [-0.2, 0) is 6.42 Å². The normalized spacial score (nSPS) is 11.8. The molecule has 0 N–H and O–H groups in total. The van der Waals surface area contributed by atoms with Crippen molar-refractivity contribution >= 4 is 29.1 Å². The van der Waals surface area contributed by atoms with Crippen molar-refractivity contribution in [2.24, 2.45) is 0 Å². The first kappa shape index (κ1) is 24.8. The lowest BCUT2D eigenvalue weighted by Gasteiger charge is -2.32. The van der Waals surface area contributed by atoms with Crippen molar-refractivity contribution in [2.75, 3.05) is 13.7 Å². The maximum Gasteiger partial charge on any atom is 0.260 e. The van der Waals surface area contributed by atoms with Crippen molar-refractivity contribution in [2.45, 2.75) is 26.3 Å². The highest BCUT2D eigenvalue weighted by Crippen LogP contribution is 2.38. The molecule has 1 amide bonds. The van der Waals surface area contributed by atoms with Crippen LogP contribution in [0.2, 0.25) is 10.0 Å². The molecule has 0 spiro atoms. The summed E-state index contributed by atoms with van der Waals surface area (Å²) in [5.74, 6) is 0.966. The van der Waals surface area contributed by atoms with E-state index in [1.165, 1.54) is 0 Å². The quantitative estimate of drug-likeness (QED) is 0.248. The van der Waals surface area contributed by atoms with Crippen molar-refractivity contribution in [3.05, 3.63) is 105 Å². The SMILES string of the molecule is CCN(C(=O)c1c(-c2c(Cl)cccc2Cl)noc1C)C(Cc1ccccc1)c1ccc(OC)cc1. The van der Waals surface area contributed by atoms with Crippen molar-refractivity contribution in [3.8, 4) is 17.0 Å². The second kappa shape index (κ2) is 11.0. The summed E-state index contributed by atoms with van der Waals surface area (Å²) in [5, 5.41) is 4.98. The Bertz CT molecular complexity index is 1280. The Morgan fingerprint density at radius 1 is 1.00 bits per heavy atom. The molecule has 1 aromatic heterocycles. The van der Waals surface area contributed by atoms with Crippen molar-refractivity contribution in [1.29, 1.82) is 0 Å². The Morgan fingerprint density at radius 2 is 1.66 bits per heavy atom. The number of aryl methyl sites for hydroxylation is 1. The van der Waals surface area contributed by atoms with E-state index < -0.39 is 0 Å². The minimum absolute atomic E-state index is 0.200. The van der Waals surface area contributed by atoms with E-state index in [0.717, 1.165) is 16.9 Å². The summed E-state index contributed by atoms with van der Waals surface area (Å²) >= 11 is 12.9. The molecule has 0 radical (unpaired) electrons. The van der Waals surface area contributed by atoms with E-state index >= 15 is 0 Å². The van der Waals surface area contributed by atoms with Gasteiger partial charge in [-0.2, -0.15) is 0 Å². The highest BCUT2D eigenvalue weighted by atomic mass is 35.5. The third-order valence-electron chi connectivity index (χ3n) is 6.03. The molecule has 4 aromatic rings. The third kappa shape index (κ3) is 5.21. The molecule has 1 unspecified atom stereocenters. The van der Waals surface area contributed by atoms with Crippen LogP contribution in [-0.4, -0.2) is 29.6 Å². The van der Waals surface area contributed by atoms with Crippen molar-refractivity contribution < 1.29 is 14.1 Å². The molecule has 1 atom stereocenters. The Labute approximate surface area is 215 Å². The molecule has 0 bridgehead atoms. The minimum Gasteiger partial charge on any atom is -0.497 e. The smallest absolute Gasteiger partial charge is 0.260 e. The fourth-order valence-electron chi connectivity index (χ4n) is 4.24. The Morgan fingerprint density at radius 3 is 2.26 bits per heavy atom. The molecule has 0 aliphatic heterocycles. The number of carbonyl (C=O) groups is 1. The number of halogens is 2. The third-order valence-corrected chi connectivity index (χ3v) is 6.66. The van der Waals surface area contributed by atoms with E-state index in [2.05, 4.69) is 17.3 Å². The number of carbonyl (C=O) groups excluding carboxylic acids is 1. The van der Waals surface area contributed by atoms with Crippen LogP contribution >= 0.6 is 23.2 Å². The topological polar surface area (TPSA) is 55.6 Å². The lowest BCUT2D eigenvalue weighted by Crippen LogP contribution is -2.36. The molecular formula is C28H26Cl2N2O3. The standard InChI is InChI=1S/C28H26Cl2N2O3/c1-4-32(24(17-19-9-6-5-7-10-19)20-13-15-21(34-3)16-14-20)28(33)25-18(2)35-31-27(25)26-22(29)11-8-12-23(26)30/h5-16,24H,4,17H2,1-3H3. The van der Waals surface area contributed by atoms with Gasteiger partial charge in [0.15, 0.2) is 0 Å². The van der Waals surface area contributed by atoms with Gasteiger partial charge in [-0.3, -0.25) is 4.79 Å². The Kier molecular flexibility index (Phi) is 7.79. The van der Waals surface area contributed by atoms with Gasteiger partial charge < -0.3 is 14.2 Å². The minimum atomic E-state index is -0.232. The fraction of sp³-hybridized carbons (Fsp3) is 0.214. The van der Waals surface area contributed by atoms with E-state index in [-0.39, 0.29) is 11.9 Å². The zero-order valence-electron chi connectivity index (χ0n) is 19.8. The predicted octanol–water partition coefficient (Wildman–Crippen LogP) is 7.41. The van der Waals surface area contributed by atoms with Crippen LogP contribution in [0.5, 0.6) is 5.75 Å². The van der Waals surface area contributed by atoms with E-state index in [9.17, 15) is 4.79 Å². The van der Waals surface area contributed by atoms with Gasteiger partial charge in [0.1, 0.15) is 22.8 Å². The van der Waals surface area contributed by atoms with Gasteiger partial charge in [0, 0.05) is 12.1 Å². The molecule has 0 aliphatic rings. The Hall–Kier alpha value is -3.28. The molecule has 4 rings (SSSR count). The van der Waals surface area contributed by atoms with Gasteiger partial charge >= 0.3 is 0 Å². The second-order valence-corrected chi connectivity index (χ2v) is 8.94. The lowest BCUT2D eigenvalue weighted by atomic mass is 9.95. The van der Waals surface area contributed by atoms with Crippen LogP contribution in [0.15, 0.2) is 77.3 Å². The molecule has 7 heteroatoms. The average molecular weight is 509 g/mol. The number of nitrogens with zero attached hydrogens (tertiary/aromatic N) is 2. The van der Waals surface area contributed by atoms with Crippen LogP contribution in [0, 0.1) is 6.92 Å². The molecule has 0 fully saturated rings. The number of ether oxygens (including phenoxy) is 1. The highest BCUT2D eigenvalue weighted by molar-refractivity contribution is 6.39. The molecule has 1 heterocycles. The van der Waals surface area contributed by atoms with Crippen LogP contribution in [0.3, 0.4) is 0 Å². The zero-order valence-corrected chi connectivity index (χ0v) is 21.3. The molecule has 35 heavy (non-hydrogen) atoms. The van der Waals surface area contributed by atoms with Crippen LogP contribution < -0.4 is 4.74 Å². The van der Waals surface area contributed by atoms with Crippen LogP contribution in [0.4, 0.5) is 0 Å². The summed E-state index contributed by atoms with van der Waals surface area (Å²) in [6, 6.07) is 22.9. The number of benzene rings is 3. The summed E-state index contributed by atoms with van der Waals surface area (Å²) < 4.78 is 10.8. The Balaban J connectivity index is 1.79. The molecule has 0 aliphatic carbocycles. The number of methoxy groups -OCH3 is 1. The zero-order chi connectivity index (χ0) is 24.9. The number of hydrogen-bond acceptors (Lipinski definition) is 4. The summed E-state index contributed by atoms with van der Waals surface area (Å²) in [6.07, 6.45) is 0.638. The second-order valence-electron chi connectivity index (χ2n) is 8.13. The number of aromatic nitrogens is 1. The molecule has 0 saturated heterocycles. The maximum atomic E-state index is 14.1. The summed E-state index contributed by atoms with van der Waals surface area (Å²) in [7, 11) is 1.63. The number of hydrogen-bond donors (Lipinski definition) is 0. The number of rotatable bonds is 8. The van der Waals surface area contributed by atoms with E-state index in [0.29, 0.717) is 45.6 Å². The van der Waals surface area contributed by atoms with Gasteiger partial charge in [-0.15, -0.1) is 0 Å². The molecule has 0 saturated carbocycles. The summed E-state index contributed by atoms with van der Waals surface area (Å²) in [6.45, 7) is 4.16. The predicted molar refractivity (Wildman–Crippen MR) is 139 cm³/mol.